The molecule has 0 aliphatic heterocycles. The van der Waals surface area contributed by atoms with Gasteiger partial charge in [0.1, 0.15) is 0 Å². The number of nitrogens with zero attached hydrogens (tertiary/aromatic N) is 1. The Bertz CT molecular complexity index is 513. The van der Waals surface area contributed by atoms with E-state index in [2.05, 4.69) is 40.0 Å². The lowest BCUT2D eigenvalue weighted by molar-refractivity contribution is 0.869. The summed E-state index contributed by atoms with van der Waals surface area (Å²) in [5, 5.41) is -0.0406. The van der Waals surface area contributed by atoms with Crippen molar-refractivity contribution in [3.05, 3.63) is 63.9 Å². The number of hydrogen-bond donors (Lipinski definition) is 0. The fraction of sp³-hybridized carbons (Fsp3) is 0.214. The Hall–Kier alpha value is -0.860. The quantitative estimate of drug-likeness (QED) is 0.750. The van der Waals surface area contributed by atoms with Crippen molar-refractivity contribution in [1.29, 1.82) is 0 Å². The molecular formula is C14H13BrClN. The highest BCUT2D eigenvalue weighted by Gasteiger charge is 2.11. The van der Waals surface area contributed by atoms with E-state index in [-0.39, 0.29) is 5.38 Å². The van der Waals surface area contributed by atoms with Gasteiger partial charge in [-0.3, -0.25) is 4.98 Å². The minimum Gasteiger partial charge on any atom is -0.261 e. The van der Waals surface area contributed by atoms with Crippen LogP contribution in [0.15, 0.2) is 47.1 Å². The second-order valence-corrected chi connectivity index (χ2v) is 5.44. The van der Waals surface area contributed by atoms with Crippen LogP contribution < -0.4 is 0 Å². The summed E-state index contributed by atoms with van der Waals surface area (Å²) in [4.78, 5) is 4.37. The first-order valence-electron chi connectivity index (χ1n) is 5.47. The molecule has 0 aliphatic rings. The third-order valence-corrected chi connectivity index (χ3v) is 3.60. The summed E-state index contributed by atoms with van der Waals surface area (Å²) in [5.41, 5.74) is 3.37. The van der Waals surface area contributed by atoms with Gasteiger partial charge in [-0.25, -0.2) is 0 Å². The highest BCUT2D eigenvalue weighted by Crippen LogP contribution is 2.27. The van der Waals surface area contributed by atoms with E-state index in [4.69, 9.17) is 11.6 Å². The number of hydrogen-bond acceptors (Lipinski definition) is 1. The van der Waals surface area contributed by atoms with Gasteiger partial charge in [0, 0.05) is 22.8 Å². The second-order valence-electron chi connectivity index (χ2n) is 3.99. The van der Waals surface area contributed by atoms with Gasteiger partial charge >= 0.3 is 0 Å². The molecule has 1 heterocycles. The van der Waals surface area contributed by atoms with Crippen molar-refractivity contribution in [2.75, 3.05) is 0 Å². The number of aryl methyl sites for hydroxylation is 1. The largest absolute Gasteiger partial charge is 0.261 e. The smallest absolute Gasteiger partial charge is 0.0641 e. The molecule has 2 aromatic rings. The van der Waals surface area contributed by atoms with Gasteiger partial charge in [0.15, 0.2) is 0 Å². The van der Waals surface area contributed by atoms with Crippen LogP contribution in [0.5, 0.6) is 0 Å². The van der Waals surface area contributed by atoms with E-state index in [9.17, 15) is 0 Å². The van der Waals surface area contributed by atoms with Crippen molar-refractivity contribution in [2.24, 2.45) is 0 Å². The molecule has 0 amide bonds. The summed E-state index contributed by atoms with van der Waals surface area (Å²) < 4.78 is 1.05. The summed E-state index contributed by atoms with van der Waals surface area (Å²) in [5.74, 6) is 0. The third-order valence-electron chi connectivity index (χ3n) is 2.70. The third kappa shape index (κ3) is 3.30. The average molecular weight is 311 g/mol. The van der Waals surface area contributed by atoms with Crippen LogP contribution in [0.3, 0.4) is 0 Å². The summed E-state index contributed by atoms with van der Waals surface area (Å²) in [6.07, 6.45) is 2.57. The monoisotopic (exact) mass is 309 g/mol. The number of alkyl halides is 1. The molecule has 2 rings (SSSR count). The van der Waals surface area contributed by atoms with Gasteiger partial charge in [0.25, 0.3) is 0 Å². The molecule has 0 aliphatic carbocycles. The van der Waals surface area contributed by atoms with Crippen LogP contribution >= 0.6 is 27.5 Å². The van der Waals surface area contributed by atoms with Gasteiger partial charge in [-0.05, 0) is 36.2 Å². The molecule has 1 aromatic heterocycles. The molecular weight excluding hydrogens is 298 g/mol. The van der Waals surface area contributed by atoms with Crippen LogP contribution in [-0.2, 0) is 6.42 Å². The molecule has 0 fully saturated rings. The van der Waals surface area contributed by atoms with Crippen LogP contribution in [-0.4, -0.2) is 4.98 Å². The molecule has 0 spiro atoms. The van der Waals surface area contributed by atoms with Gasteiger partial charge in [-0.15, -0.1) is 11.6 Å². The molecule has 1 nitrogen and oxygen atoms in total. The predicted octanol–water partition coefficient (Wildman–Crippen LogP) is 4.68. The van der Waals surface area contributed by atoms with Crippen molar-refractivity contribution in [3.63, 3.8) is 0 Å². The summed E-state index contributed by atoms with van der Waals surface area (Å²) in [6.45, 7) is 2.06. The molecule has 88 valence electrons. The lowest BCUT2D eigenvalue weighted by Gasteiger charge is -2.11. The zero-order chi connectivity index (χ0) is 12.3. The lowest BCUT2D eigenvalue weighted by atomic mass is 10.0. The Morgan fingerprint density at radius 3 is 2.82 bits per heavy atom. The van der Waals surface area contributed by atoms with E-state index >= 15 is 0 Å². The Morgan fingerprint density at radius 2 is 2.12 bits per heavy atom. The lowest BCUT2D eigenvalue weighted by Crippen LogP contribution is -2.00. The molecule has 1 unspecified atom stereocenters. The van der Waals surface area contributed by atoms with Crippen LogP contribution in [0.1, 0.15) is 22.2 Å². The Balaban J connectivity index is 2.17. The van der Waals surface area contributed by atoms with Gasteiger partial charge < -0.3 is 0 Å². The van der Waals surface area contributed by atoms with Gasteiger partial charge in [-0.2, -0.15) is 0 Å². The number of benzene rings is 1. The summed E-state index contributed by atoms with van der Waals surface area (Å²) >= 11 is 9.88. The van der Waals surface area contributed by atoms with Gasteiger partial charge in [0.2, 0.25) is 0 Å². The normalized spacial score (nSPS) is 12.4. The molecule has 0 N–H and O–H groups in total. The fourth-order valence-electron chi connectivity index (χ4n) is 1.72. The van der Waals surface area contributed by atoms with Crippen LogP contribution in [0.2, 0.25) is 0 Å². The molecule has 0 bridgehead atoms. The van der Waals surface area contributed by atoms with Crippen molar-refractivity contribution in [2.45, 2.75) is 18.7 Å². The van der Waals surface area contributed by atoms with Crippen molar-refractivity contribution >= 4 is 27.5 Å². The van der Waals surface area contributed by atoms with E-state index in [0.717, 1.165) is 22.2 Å². The molecule has 0 radical (unpaired) electrons. The van der Waals surface area contributed by atoms with Crippen molar-refractivity contribution in [1.82, 2.24) is 4.98 Å². The second kappa shape index (κ2) is 5.65. The van der Waals surface area contributed by atoms with Crippen molar-refractivity contribution < 1.29 is 0 Å². The number of pyridine rings is 1. The zero-order valence-corrected chi connectivity index (χ0v) is 11.9. The minimum atomic E-state index is -0.0406. The van der Waals surface area contributed by atoms with Gasteiger partial charge in [-0.1, -0.05) is 34.1 Å². The summed E-state index contributed by atoms with van der Waals surface area (Å²) in [7, 11) is 0. The van der Waals surface area contributed by atoms with E-state index < -0.39 is 0 Å². The first-order chi connectivity index (χ1) is 8.16. The molecule has 1 atom stereocenters. The zero-order valence-electron chi connectivity index (χ0n) is 9.53. The highest BCUT2D eigenvalue weighted by atomic mass is 79.9. The Kier molecular flexibility index (Phi) is 4.19. The summed E-state index contributed by atoms with van der Waals surface area (Å²) in [6, 6.07) is 12.1. The molecule has 0 saturated heterocycles. The van der Waals surface area contributed by atoms with Crippen LogP contribution in [0.4, 0.5) is 0 Å². The van der Waals surface area contributed by atoms with E-state index in [0.29, 0.717) is 0 Å². The molecule has 3 heteroatoms. The number of halogens is 2. The first-order valence-corrected chi connectivity index (χ1v) is 6.70. The van der Waals surface area contributed by atoms with Crippen molar-refractivity contribution in [3.8, 4) is 0 Å². The standard InChI is InChI=1S/C14H13BrClN/c1-10-4-3-7-17-14(10)9-13(16)11-5-2-6-12(15)8-11/h2-8,13H,9H2,1H3. The fourth-order valence-corrected chi connectivity index (χ4v) is 2.42. The topological polar surface area (TPSA) is 12.9 Å². The van der Waals surface area contributed by atoms with Gasteiger partial charge in [0.05, 0.1) is 5.38 Å². The van der Waals surface area contributed by atoms with E-state index in [1.165, 1.54) is 5.56 Å². The number of aromatic nitrogens is 1. The Labute approximate surface area is 115 Å². The Morgan fingerprint density at radius 1 is 1.29 bits per heavy atom. The van der Waals surface area contributed by atoms with Crippen LogP contribution in [0.25, 0.3) is 0 Å². The van der Waals surface area contributed by atoms with E-state index in [1.807, 2.05) is 30.5 Å². The van der Waals surface area contributed by atoms with E-state index in [1.54, 1.807) is 0 Å². The molecule has 1 aromatic carbocycles. The number of rotatable bonds is 3. The SMILES string of the molecule is Cc1cccnc1CC(Cl)c1cccc(Br)c1. The maximum Gasteiger partial charge on any atom is 0.0641 e. The maximum atomic E-state index is 6.42. The van der Waals surface area contributed by atoms with Crippen LogP contribution in [0, 0.1) is 6.92 Å². The molecule has 17 heavy (non-hydrogen) atoms. The minimum absolute atomic E-state index is 0.0406. The highest BCUT2D eigenvalue weighted by molar-refractivity contribution is 9.10. The average Bonchev–Trinajstić information content (AvgIpc) is 2.32. The maximum absolute atomic E-state index is 6.42. The molecule has 0 saturated carbocycles. The predicted molar refractivity (Wildman–Crippen MR) is 75.4 cm³/mol. The first kappa shape index (κ1) is 12.6.